The molecule has 1 N–H and O–H groups in total. The molecule has 0 saturated carbocycles. The van der Waals surface area contributed by atoms with Crippen molar-refractivity contribution in [3.63, 3.8) is 0 Å². The van der Waals surface area contributed by atoms with Gasteiger partial charge in [0.05, 0.1) is 0 Å². The molecule has 0 fully saturated rings. The van der Waals surface area contributed by atoms with Crippen LogP contribution in [0.15, 0.2) is 17.1 Å². The maximum atomic E-state index is 9.95. The van der Waals surface area contributed by atoms with Crippen LogP contribution in [0.5, 0.6) is 0 Å². The van der Waals surface area contributed by atoms with Crippen molar-refractivity contribution in [3.8, 4) is 0 Å². The van der Waals surface area contributed by atoms with Gasteiger partial charge < -0.3 is 10.2 Å². The van der Waals surface area contributed by atoms with Crippen LogP contribution in [-0.2, 0) is 20.4 Å². The summed E-state index contributed by atoms with van der Waals surface area (Å²) in [6.07, 6.45) is 1.42. The minimum atomic E-state index is -0.144. The van der Waals surface area contributed by atoms with Gasteiger partial charge in [-0.2, -0.15) is 6.20 Å². The molecule has 1 aromatic heterocycles. The molecule has 7 heavy (non-hydrogen) atoms. The number of nitrogens with zero attached hydrogens (tertiary/aromatic N) is 1. The number of nitrogens with one attached hydrogen (secondary N) is 1. The first-order valence-corrected chi connectivity index (χ1v) is 1.56. The zero-order valence-electron chi connectivity index (χ0n) is 3.39. The predicted octanol–water partition coefficient (Wildman–Crippen LogP) is -0.670. The normalized spacial score (nSPS) is 7.43. The van der Waals surface area contributed by atoms with E-state index < -0.39 is 0 Å². The zero-order chi connectivity index (χ0) is 4.41. The fraction of sp³-hybridized carbons (Fsp3) is 0. The van der Waals surface area contributed by atoms with Crippen molar-refractivity contribution in [1.82, 2.24) is 10.2 Å². The predicted molar refractivity (Wildman–Crippen MR) is 20.4 cm³/mol. The van der Waals surface area contributed by atoms with Crippen molar-refractivity contribution in [2.75, 3.05) is 0 Å². The van der Waals surface area contributed by atoms with Gasteiger partial charge in [-0.15, -0.1) is 0 Å². The Morgan fingerprint density at radius 2 is 2.43 bits per heavy atom. The van der Waals surface area contributed by atoms with Gasteiger partial charge in [-0.1, -0.05) is 0 Å². The monoisotopic (exact) mass is 270 g/mol. The Hall–Kier alpha value is -0.328. The SMILES string of the molecule is O=c1cc[n-][nH]1.[Re]. The molecule has 39 valence electrons. The summed E-state index contributed by atoms with van der Waals surface area (Å²) >= 11 is 0. The first kappa shape index (κ1) is 6.67. The molecule has 0 spiro atoms. The minimum Gasteiger partial charge on any atom is -0.601 e. The summed E-state index contributed by atoms with van der Waals surface area (Å²) in [5.74, 6) is 0. The third-order valence-electron chi connectivity index (χ3n) is 0.475. The molecule has 3 nitrogen and oxygen atoms in total. The number of H-pyrrole nitrogens is 1. The van der Waals surface area contributed by atoms with E-state index in [0.29, 0.717) is 0 Å². The third-order valence-corrected chi connectivity index (χ3v) is 0.475. The van der Waals surface area contributed by atoms with E-state index >= 15 is 0 Å². The van der Waals surface area contributed by atoms with E-state index in [2.05, 4.69) is 10.2 Å². The average Bonchev–Trinajstić information content (AvgIpc) is 1.86. The summed E-state index contributed by atoms with van der Waals surface area (Å²) in [5, 5.41) is 5.58. The molecule has 0 bridgehead atoms. The Labute approximate surface area is 53.8 Å². The molecule has 0 amide bonds. The van der Waals surface area contributed by atoms with E-state index in [-0.39, 0.29) is 26.0 Å². The van der Waals surface area contributed by atoms with Gasteiger partial charge in [0.25, 0.3) is 0 Å². The van der Waals surface area contributed by atoms with Crippen LogP contribution < -0.4 is 10.7 Å². The number of hydrogen-bond acceptors (Lipinski definition) is 1. The molecule has 0 aliphatic carbocycles. The second-order valence-electron chi connectivity index (χ2n) is 0.921. The van der Waals surface area contributed by atoms with Crippen LogP contribution in [0.25, 0.3) is 0 Å². The first-order valence-electron chi connectivity index (χ1n) is 1.56. The topological polar surface area (TPSA) is 47.0 Å². The molecule has 1 radical (unpaired) electrons. The van der Waals surface area contributed by atoms with Gasteiger partial charge in [-0.05, 0) is 6.07 Å². The summed E-state index contributed by atoms with van der Waals surface area (Å²) in [4.78, 5) is 9.95. The average molecular weight is 269 g/mol. The van der Waals surface area contributed by atoms with Gasteiger partial charge in [0.2, 0.25) is 5.56 Å². The largest absolute Gasteiger partial charge is 0.601 e. The Morgan fingerprint density at radius 3 is 2.57 bits per heavy atom. The standard InChI is InChI=1S/C3H4N2O.Re/c6-3-1-2-4-5-3;/h1-2H,(H2,4,5,6);/p-1. The quantitative estimate of drug-likeness (QED) is 0.679. The van der Waals surface area contributed by atoms with Crippen molar-refractivity contribution in [3.05, 3.63) is 22.6 Å². The van der Waals surface area contributed by atoms with E-state index in [1.807, 2.05) is 0 Å². The van der Waals surface area contributed by atoms with Gasteiger partial charge in [-0.3, -0.25) is 4.79 Å². The fourth-order valence-electron chi connectivity index (χ4n) is 0.243. The van der Waals surface area contributed by atoms with Crippen molar-refractivity contribution >= 4 is 0 Å². The molecule has 1 rings (SSSR count). The minimum absolute atomic E-state index is 0. The number of aromatic amines is 1. The van der Waals surface area contributed by atoms with Gasteiger partial charge in [0, 0.05) is 20.4 Å². The number of aromatic nitrogens is 2. The van der Waals surface area contributed by atoms with Crippen LogP contribution >= 0.6 is 0 Å². The number of hydrogen-bond donors (Lipinski definition) is 1. The molecule has 1 aromatic rings. The molecule has 0 atom stereocenters. The van der Waals surface area contributed by atoms with Gasteiger partial charge in [0.15, 0.2) is 0 Å². The van der Waals surface area contributed by atoms with E-state index in [0.717, 1.165) is 0 Å². The van der Waals surface area contributed by atoms with Crippen LogP contribution in [-0.4, -0.2) is 5.10 Å². The molecule has 0 aliphatic heterocycles. The maximum absolute atomic E-state index is 9.95. The molecular weight excluding hydrogens is 266 g/mol. The van der Waals surface area contributed by atoms with Crippen LogP contribution in [0.3, 0.4) is 0 Å². The Morgan fingerprint density at radius 1 is 1.71 bits per heavy atom. The molecule has 0 aromatic carbocycles. The molecule has 0 aliphatic rings. The van der Waals surface area contributed by atoms with E-state index in [1.165, 1.54) is 12.3 Å². The Balaban J connectivity index is 0.000000360. The first-order chi connectivity index (χ1) is 2.89. The van der Waals surface area contributed by atoms with E-state index in [9.17, 15) is 4.79 Å². The van der Waals surface area contributed by atoms with Crippen LogP contribution in [0.1, 0.15) is 0 Å². The van der Waals surface area contributed by atoms with Crippen LogP contribution in [0.4, 0.5) is 0 Å². The van der Waals surface area contributed by atoms with Gasteiger partial charge in [-0.25, -0.2) is 0 Å². The molecule has 4 heteroatoms. The third kappa shape index (κ3) is 1.72. The van der Waals surface area contributed by atoms with Crippen LogP contribution in [0.2, 0.25) is 0 Å². The summed E-state index contributed by atoms with van der Waals surface area (Å²) < 4.78 is 0. The van der Waals surface area contributed by atoms with Crippen molar-refractivity contribution in [1.29, 1.82) is 0 Å². The Kier molecular flexibility index (Phi) is 2.65. The second-order valence-corrected chi connectivity index (χ2v) is 0.921. The van der Waals surface area contributed by atoms with Crippen molar-refractivity contribution in [2.45, 2.75) is 0 Å². The van der Waals surface area contributed by atoms with E-state index in [4.69, 9.17) is 0 Å². The maximum Gasteiger partial charge on any atom is 0.229 e. The van der Waals surface area contributed by atoms with Crippen LogP contribution in [0, 0.1) is 0 Å². The van der Waals surface area contributed by atoms with E-state index in [1.54, 1.807) is 0 Å². The van der Waals surface area contributed by atoms with Gasteiger partial charge >= 0.3 is 0 Å². The molecule has 0 saturated heterocycles. The second kappa shape index (κ2) is 2.78. The zero-order valence-corrected chi connectivity index (χ0v) is 6.10. The van der Waals surface area contributed by atoms with Crippen molar-refractivity contribution in [2.24, 2.45) is 0 Å². The smallest absolute Gasteiger partial charge is 0.229 e. The van der Waals surface area contributed by atoms with Gasteiger partial charge in [0.1, 0.15) is 0 Å². The Bertz CT molecular complexity index is 151. The summed E-state index contributed by atoms with van der Waals surface area (Å²) in [6.45, 7) is 0. The fourth-order valence-corrected chi connectivity index (χ4v) is 0.243. The van der Waals surface area contributed by atoms with Crippen molar-refractivity contribution < 1.29 is 20.4 Å². The molecular formula is C3H3N2ORe-. The summed E-state index contributed by atoms with van der Waals surface area (Å²) in [5.41, 5.74) is -0.144. The summed E-state index contributed by atoms with van der Waals surface area (Å²) in [6, 6.07) is 1.36. The molecule has 0 unspecified atom stereocenters. The number of rotatable bonds is 0. The summed E-state index contributed by atoms with van der Waals surface area (Å²) in [7, 11) is 0. The molecule has 1 heterocycles.